The van der Waals surface area contributed by atoms with Gasteiger partial charge in [-0.25, -0.2) is 4.98 Å². The minimum absolute atomic E-state index is 0.139. The number of anilines is 1. The molecule has 0 aliphatic carbocycles. The summed E-state index contributed by atoms with van der Waals surface area (Å²) >= 11 is 0. The van der Waals surface area contributed by atoms with Crippen LogP contribution in [0.2, 0.25) is 0 Å². The second-order valence-electron chi connectivity index (χ2n) is 3.68. The van der Waals surface area contributed by atoms with Crippen LogP contribution in [0.1, 0.15) is 16.1 Å². The monoisotopic (exact) mass is 242 g/mol. The molecule has 2 aromatic heterocycles. The Bertz CT molecular complexity index is 528. The highest BCUT2D eigenvalue weighted by molar-refractivity contribution is 5.94. The van der Waals surface area contributed by atoms with E-state index in [9.17, 15) is 4.79 Å². The first-order valence-corrected chi connectivity index (χ1v) is 5.61. The predicted octanol–water partition coefficient (Wildman–Crippen LogP) is 1.45. The second kappa shape index (κ2) is 5.77. The first-order valence-electron chi connectivity index (χ1n) is 5.61. The van der Waals surface area contributed by atoms with Crippen LogP contribution in [0, 0.1) is 0 Å². The Hall–Kier alpha value is -2.43. The number of amides is 1. The Labute approximate surface area is 105 Å². The van der Waals surface area contributed by atoms with Gasteiger partial charge in [-0.1, -0.05) is 6.07 Å². The maximum Gasteiger partial charge on any atom is 0.251 e. The largest absolute Gasteiger partial charge is 0.373 e. The van der Waals surface area contributed by atoms with Gasteiger partial charge in [-0.15, -0.1) is 0 Å². The number of carbonyl (C=O) groups is 1. The third kappa shape index (κ3) is 3.04. The maximum atomic E-state index is 11.9. The Morgan fingerprint density at radius 2 is 2.11 bits per heavy atom. The van der Waals surface area contributed by atoms with E-state index in [1.807, 2.05) is 18.2 Å². The lowest BCUT2D eigenvalue weighted by molar-refractivity contribution is 0.0950. The molecule has 1 amide bonds. The van der Waals surface area contributed by atoms with Gasteiger partial charge in [0.05, 0.1) is 12.2 Å². The first kappa shape index (κ1) is 12.0. The van der Waals surface area contributed by atoms with E-state index in [-0.39, 0.29) is 5.91 Å². The van der Waals surface area contributed by atoms with Crippen LogP contribution in [0.15, 0.2) is 42.7 Å². The molecule has 18 heavy (non-hydrogen) atoms. The minimum Gasteiger partial charge on any atom is -0.373 e. The number of nitrogens with zero attached hydrogens (tertiary/aromatic N) is 2. The van der Waals surface area contributed by atoms with Crippen LogP contribution >= 0.6 is 0 Å². The van der Waals surface area contributed by atoms with Crippen molar-refractivity contribution in [2.45, 2.75) is 6.54 Å². The molecule has 0 spiro atoms. The highest BCUT2D eigenvalue weighted by Crippen LogP contribution is 2.05. The zero-order valence-electron chi connectivity index (χ0n) is 10.1. The first-order chi connectivity index (χ1) is 8.79. The third-order valence-corrected chi connectivity index (χ3v) is 2.43. The summed E-state index contributed by atoms with van der Waals surface area (Å²) in [5.74, 6) is 0.528. The predicted molar refractivity (Wildman–Crippen MR) is 69.2 cm³/mol. The third-order valence-electron chi connectivity index (χ3n) is 2.43. The molecule has 0 aromatic carbocycles. The highest BCUT2D eigenvalue weighted by atomic mass is 16.1. The molecule has 0 fully saturated rings. The van der Waals surface area contributed by atoms with E-state index >= 15 is 0 Å². The molecule has 5 nitrogen and oxygen atoms in total. The van der Waals surface area contributed by atoms with E-state index in [0.717, 1.165) is 5.69 Å². The lowest BCUT2D eigenvalue weighted by Crippen LogP contribution is -2.23. The maximum absolute atomic E-state index is 11.9. The molecular formula is C13H14N4O. The molecule has 5 heteroatoms. The molecule has 0 radical (unpaired) electrons. The van der Waals surface area contributed by atoms with Crippen molar-refractivity contribution < 1.29 is 4.79 Å². The normalized spacial score (nSPS) is 9.83. The van der Waals surface area contributed by atoms with Gasteiger partial charge in [-0.05, 0) is 24.3 Å². The van der Waals surface area contributed by atoms with Gasteiger partial charge in [0.15, 0.2) is 0 Å². The van der Waals surface area contributed by atoms with E-state index in [4.69, 9.17) is 0 Å². The molecule has 0 aliphatic rings. The van der Waals surface area contributed by atoms with Gasteiger partial charge in [0.25, 0.3) is 5.91 Å². The standard InChI is InChI=1S/C13H14N4O/c1-14-12-8-10(5-7-16-12)13(18)17-9-11-4-2-3-6-15-11/h2-8H,9H2,1H3,(H,14,16)(H,17,18). The fraction of sp³-hybridized carbons (Fsp3) is 0.154. The molecule has 0 aliphatic heterocycles. The summed E-state index contributed by atoms with van der Waals surface area (Å²) in [6, 6.07) is 8.97. The van der Waals surface area contributed by atoms with Crippen LogP contribution in [0.3, 0.4) is 0 Å². The van der Waals surface area contributed by atoms with Gasteiger partial charge in [0.1, 0.15) is 5.82 Å². The van der Waals surface area contributed by atoms with E-state index in [1.165, 1.54) is 0 Å². The van der Waals surface area contributed by atoms with E-state index in [0.29, 0.717) is 17.9 Å². The van der Waals surface area contributed by atoms with Gasteiger partial charge in [-0.3, -0.25) is 9.78 Å². The second-order valence-corrected chi connectivity index (χ2v) is 3.68. The number of rotatable bonds is 4. The molecule has 2 heterocycles. The number of hydrogen-bond acceptors (Lipinski definition) is 4. The van der Waals surface area contributed by atoms with Gasteiger partial charge in [-0.2, -0.15) is 0 Å². The summed E-state index contributed by atoms with van der Waals surface area (Å²) in [4.78, 5) is 20.1. The molecule has 2 N–H and O–H groups in total. The molecule has 92 valence electrons. The zero-order chi connectivity index (χ0) is 12.8. The molecule has 2 aromatic rings. The van der Waals surface area contributed by atoms with Crippen LogP contribution in [0.4, 0.5) is 5.82 Å². The molecule has 0 saturated carbocycles. The average Bonchev–Trinajstić information content (AvgIpc) is 2.46. The summed E-state index contributed by atoms with van der Waals surface area (Å²) in [7, 11) is 1.76. The Kier molecular flexibility index (Phi) is 3.86. The fourth-order valence-electron chi connectivity index (χ4n) is 1.48. The van der Waals surface area contributed by atoms with Crippen LogP contribution in [-0.4, -0.2) is 22.9 Å². The summed E-state index contributed by atoms with van der Waals surface area (Å²) in [5, 5.41) is 5.70. The zero-order valence-corrected chi connectivity index (χ0v) is 10.1. The summed E-state index contributed by atoms with van der Waals surface area (Å²) in [6.07, 6.45) is 3.30. The van der Waals surface area contributed by atoms with Crippen molar-refractivity contribution in [2.24, 2.45) is 0 Å². The molecule has 0 unspecified atom stereocenters. The molecule has 2 rings (SSSR count). The van der Waals surface area contributed by atoms with Crippen molar-refractivity contribution >= 4 is 11.7 Å². The van der Waals surface area contributed by atoms with Crippen LogP contribution in [-0.2, 0) is 6.54 Å². The van der Waals surface area contributed by atoms with Gasteiger partial charge < -0.3 is 10.6 Å². The Morgan fingerprint density at radius 3 is 2.83 bits per heavy atom. The lowest BCUT2D eigenvalue weighted by Gasteiger charge is -2.05. The molecule has 0 bridgehead atoms. The van der Waals surface area contributed by atoms with E-state index in [1.54, 1.807) is 31.6 Å². The fourth-order valence-corrected chi connectivity index (χ4v) is 1.48. The van der Waals surface area contributed by atoms with Gasteiger partial charge in [0.2, 0.25) is 0 Å². The van der Waals surface area contributed by atoms with Crippen molar-refractivity contribution in [3.05, 3.63) is 54.0 Å². The van der Waals surface area contributed by atoms with Crippen LogP contribution in [0.5, 0.6) is 0 Å². The Morgan fingerprint density at radius 1 is 1.22 bits per heavy atom. The summed E-state index contributed by atoms with van der Waals surface area (Å²) in [6.45, 7) is 0.414. The van der Waals surface area contributed by atoms with E-state index < -0.39 is 0 Å². The van der Waals surface area contributed by atoms with Crippen molar-refractivity contribution in [3.63, 3.8) is 0 Å². The van der Waals surface area contributed by atoms with Crippen LogP contribution < -0.4 is 10.6 Å². The number of hydrogen-bond donors (Lipinski definition) is 2. The average molecular weight is 242 g/mol. The lowest BCUT2D eigenvalue weighted by atomic mass is 10.2. The topological polar surface area (TPSA) is 66.9 Å². The van der Waals surface area contributed by atoms with Crippen molar-refractivity contribution in [2.75, 3.05) is 12.4 Å². The summed E-state index contributed by atoms with van der Waals surface area (Å²) in [5.41, 5.74) is 1.40. The van der Waals surface area contributed by atoms with Crippen molar-refractivity contribution in [1.82, 2.24) is 15.3 Å². The quantitative estimate of drug-likeness (QED) is 0.851. The SMILES string of the molecule is CNc1cc(C(=O)NCc2ccccn2)ccn1. The van der Waals surface area contributed by atoms with Crippen molar-refractivity contribution in [1.29, 1.82) is 0 Å². The number of nitrogens with one attached hydrogen (secondary N) is 2. The molecule has 0 atom stereocenters. The summed E-state index contributed by atoms with van der Waals surface area (Å²) < 4.78 is 0. The highest BCUT2D eigenvalue weighted by Gasteiger charge is 2.06. The van der Waals surface area contributed by atoms with Crippen LogP contribution in [0.25, 0.3) is 0 Å². The van der Waals surface area contributed by atoms with E-state index in [2.05, 4.69) is 20.6 Å². The van der Waals surface area contributed by atoms with Gasteiger partial charge >= 0.3 is 0 Å². The Balaban J connectivity index is 1.99. The minimum atomic E-state index is -0.139. The number of carbonyl (C=O) groups excluding carboxylic acids is 1. The molecular weight excluding hydrogens is 228 g/mol. The van der Waals surface area contributed by atoms with Gasteiger partial charge in [0, 0.05) is 25.0 Å². The molecule has 0 saturated heterocycles. The number of pyridine rings is 2. The van der Waals surface area contributed by atoms with Crippen molar-refractivity contribution in [3.8, 4) is 0 Å². The number of aromatic nitrogens is 2. The smallest absolute Gasteiger partial charge is 0.251 e.